The quantitative estimate of drug-likeness (QED) is 0.577. The largest absolute Gasteiger partial charge is 0.345 e. The fourth-order valence-electron chi connectivity index (χ4n) is 3.32. The maximum absolute atomic E-state index is 4.69. The number of hydrogen-bond acceptors (Lipinski definition) is 5. The number of fused-ring (bicyclic) bond motifs is 1. The Hall–Kier alpha value is -3.22. The molecule has 3 heterocycles. The molecule has 1 unspecified atom stereocenters. The first kappa shape index (κ1) is 17.2. The molecule has 2 N–H and O–H groups in total. The van der Waals surface area contributed by atoms with Gasteiger partial charge in [0.1, 0.15) is 5.82 Å². The van der Waals surface area contributed by atoms with Gasteiger partial charge in [0, 0.05) is 24.5 Å². The highest BCUT2D eigenvalue weighted by atomic mass is 15.3. The van der Waals surface area contributed by atoms with Crippen LogP contribution in [-0.2, 0) is 7.05 Å². The zero-order valence-electron chi connectivity index (χ0n) is 16.2. The first-order valence-corrected chi connectivity index (χ1v) is 8.99. The molecule has 0 aliphatic carbocycles. The van der Waals surface area contributed by atoms with Crippen LogP contribution in [0.2, 0.25) is 0 Å². The lowest BCUT2D eigenvalue weighted by Crippen LogP contribution is -2.11. The van der Waals surface area contributed by atoms with Gasteiger partial charge in [0.2, 0.25) is 5.95 Å². The van der Waals surface area contributed by atoms with E-state index in [1.807, 2.05) is 44.6 Å². The fraction of sp³-hybridized carbons (Fsp3) is 0.300. The predicted octanol–water partition coefficient (Wildman–Crippen LogP) is 3.85. The summed E-state index contributed by atoms with van der Waals surface area (Å²) >= 11 is 0. The maximum atomic E-state index is 4.69. The van der Waals surface area contributed by atoms with E-state index >= 15 is 0 Å². The summed E-state index contributed by atoms with van der Waals surface area (Å²) in [5, 5.41) is 7.82. The number of nitrogens with one attached hydrogen (secondary N) is 2. The van der Waals surface area contributed by atoms with Gasteiger partial charge in [-0.3, -0.25) is 4.68 Å². The molecule has 0 bridgehead atoms. The Morgan fingerprint density at radius 3 is 2.67 bits per heavy atom. The lowest BCUT2D eigenvalue weighted by molar-refractivity contribution is 0.731. The van der Waals surface area contributed by atoms with Crippen molar-refractivity contribution in [1.82, 2.24) is 29.7 Å². The van der Waals surface area contributed by atoms with Crippen molar-refractivity contribution in [3.63, 3.8) is 0 Å². The minimum absolute atomic E-state index is 0.0518. The fourth-order valence-corrected chi connectivity index (χ4v) is 3.32. The zero-order valence-corrected chi connectivity index (χ0v) is 16.2. The van der Waals surface area contributed by atoms with Crippen LogP contribution < -0.4 is 5.32 Å². The number of rotatable bonds is 4. The number of imidazole rings is 1. The van der Waals surface area contributed by atoms with Crippen molar-refractivity contribution in [1.29, 1.82) is 0 Å². The Kier molecular flexibility index (Phi) is 4.14. The van der Waals surface area contributed by atoms with Crippen LogP contribution in [0.15, 0.2) is 30.5 Å². The number of nitrogens with zero attached hydrogens (tertiary/aromatic N) is 5. The van der Waals surface area contributed by atoms with Gasteiger partial charge in [-0.25, -0.2) is 15.0 Å². The average Bonchev–Trinajstić information content (AvgIpc) is 3.15. The van der Waals surface area contributed by atoms with E-state index in [0.29, 0.717) is 5.95 Å². The molecule has 0 spiro atoms. The molecule has 4 aromatic rings. The van der Waals surface area contributed by atoms with Crippen LogP contribution in [0.4, 0.5) is 5.95 Å². The van der Waals surface area contributed by atoms with Gasteiger partial charge in [0.15, 0.2) is 0 Å². The highest BCUT2D eigenvalue weighted by Gasteiger charge is 2.16. The van der Waals surface area contributed by atoms with Crippen LogP contribution in [0.1, 0.15) is 35.7 Å². The van der Waals surface area contributed by atoms with Crippen LogP contribution >= 0.6 is 0 Å². The highest BCUT2D eigenvalue weighted by Crippen LogP contribution is 2.26. The van der Waals surface area contributed by atoms with E-state index in [1.54, 1.807) is 6.20 Å². The van der Waals surface area contributed by atoms with Gasteiger partial charge in [-0.2, -0.15) is 5.10 Å². The minimum Gasteiger partial charge on any atom is -0.345 e. The summed E-state index contributed by atoms with van der Waals surface area (Å²) in [6.07, 6.45) is 1.77. The maximum Gasteiger partial charge on any atom is 0.223 e. The van der Waals surface area contributed by atoms with Crippen molar-refractivity contribution >= 4 is 17.0 Å². The molecule has 0 saturated carbocycles. The van der Waals surface area contributed by atoms with Crippen molar-refractivity contribution < 1.29 is 0 Å². The summed E-state index contributed by atoms with van der Waals surface area (Å²) in [5.41, 5.74) is 7.16. The van der Waals surface area contributed by atoms with Crippen LogP contribution in [0.3, 0.4) is 0 Å². The molecule has 1 aromatic carbocycles. The van der Waals surface area contributed by atoms with Gasteiger partial charge in [0.25, 0.3) is 0 Å². The predicted molar refractivity (Wildman–Crippen MR) is 107 cm³/mol. The van der Waals surface area contributed by atoms with Crippen LogP contribution in [-0.4, -0.2) is 29.7 Å². The first-order valence-electron chi connectivity index (χ1n) is 8.99. The van der Waals surface area contributed by atoms with Gasteiger partial charge in [-0.15, -0.1) is 0 Å². The summed E-state index contributed by atoms with van der Waals surface area (Å²) in [5.74, 6) is 1.43. The van der Waals surface area contributed by atoms with Crippen LogP contribution in [0.25, 0.3) is 22.3 Å². The topological polar surface area (TPSA) is 84.3 Å². The van der Waals surface area contributed by atoms with Gasteiger partial charge in [-0.05, 0) is 51.5 Å². The first-order chi connectivity index (χ1) is 12.9. The molecular weight excluding hydrogens is 338 g/mol. The number of aryl methyl sites for hydroxylation is 3. The zero-order chi connectivity index (χ0) is 19.1. The lowest BCUT2D eigenvalue weighted by atomic mass is 10.1. The van der Waals surface area contributed by atoms with Crippen LogP contribution in [0, 0.1) is 20.8 Å². The number of benzene rings is 1. The molecule has 0 aliphatic heterocycles. The summed E-state index contributed by atoms with van der Waals surface area (Å²) in [7, 11) is 1.94. The standard InChI is InChI=1S/C20H23N7/c1-11-6-7-15-17(10-11)24-19(23-15)13(3)22-20-21-9-8-16(25-20)18-12(2)26-27(5)14(18)4/h6-10,13H,1-5H3,(H,23,24)(H,21,22,25). The average molecular weight is 361 g/mol. The normalized spacial score (nSPS) is 12.5. The van der Waals surface area contributed by atoms with E-state index in [4.69, 9.17) is 4.98 Å². The Bertz CT molecular complexity index is 1120. The Balaban J connectivity index is 1.62. The number of hydrogen-bond donors (Lipinski definition) is 2. The number of aromatic nitrogens is 6. The molecule has 3 aromatic heterocycles. The Labute approximate surface area is 157 Å². The van der Waals surface area contributed by atoms with Crippen molar-refractivity contribution in [2.75, 3.05) is 5.32 Å². The van der Waals surface area contributed by atoms with E-state index in [2.05, 4.69) is 44.4 Å². The summed E-state index contributed by atoms with van der Waals surface area (Å²) in [6.45, 7) is 8.16. The second-order valence-electron chi connectivity index (χ2n) is 6.94. The molecule has 7 heteroatoms. The molecule has 0 radical (unpaired) electrons. The molecule has 27 heavy (non-hydrogen) atoms. The minimum atomic E-state index is -0.0518. The van der Waals surface area contributed by atoms with E-state index in [0.717, 1.165) is 39.5 Å². The van der Waals surface area contributed by atoms with Gasteiger partial charge < -0.3 is 10.3 Å². The van der Waals surface area contributed by atoms with E-state index in [9.17, 15) is 0 Å². The highest BCUT2D eigenvalue weighted by molar-refractivity contribution is 5.76. The smallest absolute Gasteiger partial charge is 0.223 e. The molecule has 0 fully saturated rings. The lowest BCUT2D eigenvalue weighted by Gasteiger charge is -2.12. The number of H-pyrrole nitrogens is 1. The molecule has 0 aliphatic rings. The molecular formula is C20H23N7. The Morgan fingerprint density at radius 1 is 1.11 bits per heavy atom. The van der Waals surface area contributed by atoms with Gasteiger partial charge >= 0.3 is 0 Å². The third-order valence-electron chi connectivity index (χ3n) is 4.83. The Morgan fingerprint density at radius 2 is 1.93 bits per heavy atom. The second-order valence-corrected chi connectivity index (χ2v) is 6.94. The second kappa shape index (κ2) is 6.50. The molecule has 4 rings (SSSR count). The number of anilines is 1. The summed E-state index contributed by atoms with van der Waals surface area (Å²) < 4.78 is 1.87. The number of aromatic amines is 1. The monoisotopic (exact) mass is 361 g/mol. The van der Waals surface area contributed by atoms with Crippen LogP contribution in [0.5, 0.6) is 0 Å². The van der Waals surface area contributed by atoms with Crippen molar-refractivity contribution in [3.05, 3.63) is 53.2 Å². The van der Waals surface area contributed by atoms with Crippen molar-refractivity contribution in [2.45, 2.75) is 33.7 Å². The van der Waals surface area contributed by atoms with E-state index in [1.165, 1.54) is 5.56 Å². The third-order valence-corrected chi connectivity index (χ3v) is 4.83. The summed E-state index contributed by atoms with van der Waals surface area (Å²) in [6, 6.07) is 8.06. The SMILES string of the molecule is Cc1ccc2nc(C(C)Nc3nccc(-c4c(C)nn(C)c4C)n3)[nH]c2c1. The summed E-state index contributed by atoms with van der Waals surface area (Å²) in [4.78, 5) is 17.1. The molecule has 138 valence electrons. The molecule has 0 saturated heterocycles. The molecule has 0 amide bonds. The van der Waals surface area contributed by atoms with Gasteiger partial charge in [-0.1, -0.05) is 6.07 Å². The van der Waals surface area contributed by atoms with Gasteiger partial charge in [0.05, 0.1) is 28.5 Å². The third kappa shape index (κ3) is 3.16. The van der Waals surface area contributed by atoms with E-state index < -0.39 is 0 Å². The van der Waals surface area contributed by atoms with Crippen molar-refractivity contribution in [2.24, 2.45) is 7.05 Å². The molecule has 7 nitrogen and oxygen atoms in total. The van der Waals surface area contributed by atoms with E-state index in [-0.39, 0.29) is 6.04 Å². The van der Waals surface area contributed by atoms with Crippen molar-refractivity contribution in [3.8, 4) is 11.3 Å². The molecule has 1 atom stereocenters.